The van der Waals surface area contributed by atoms with E-state index in [1.807, 2.05) is 6.07 Å². The van der Waals surface area contributed by atoms with Gasteiger partial charge in [-0.3, -0.25) is 0 Å². The lowest BCUT2D eigenvalue weighted by atomic mass is 10.1. The molecule has 1 saturated carbocycles. The standard InChI is InChI=1S/C14H21NO/c1-10-4-7-14(16-3)13(8-10)15-11(2)9-12-5-6-12/h4,7-8,11-12,15H,5-6,9H2,1-3H3. The van der Waals surface area contributed by atoms with Gasteiger partial charge in [-0.25, -0.2) is 0 Å². The van der Waals surface area contributed by atoms with E-state index in [1.54, 1.807) is 7.11 Å². The van der Waals surface area contributed by atoms with Gasteiger partial charge in [-0.1, -0.05) is 18.9 Å². The van der Waals surface area contributed by atoms with E-state index in [9.17, 15) is 0 Å². The van der Waals surface area contributed by atoms with E-state index in [2.05, 4.69) is 31.3 Å². The third-order valence-electron chi connectivity index (χ3n) is 3.14. The van der Waals surface area contributed by atoms with Crippen LogP contribution in [0.3, 0.4) is 0 Å². The van der Waals surface area contributed by atoms with Gasteiger partial charge in [0.15, 0.2) is 0 Å². The van der Waals surface area contributed by atoms with Crippen molar-refractivity contribution in [2.24, 2.45) is 5.92 Å². The van der Waals surface area contributed by atoms with Crippen LogP contribution in [0.1, 0.15) is 31.7 Å². The average molecular weight is 219 g/mol. The van der Waals surface area contributed by atoms with E-state index in [0.717, 1.165) is 17.4 Å². The second kappa shape index (κ2) is 4.77. The first-order chi connectivity index (χ1) is 7.69. The highest BCUT2D eigenvalue weighted by atomic mass is 16.5. The topological polar surface area (TPSA) is 21.3 Å². The maximum Gasteiger partial charge on any atom is 0.141 e. The van der Waals surface area contributed by atoms with Crippen LogP contribution in [0.15, 0.2) is 18.2 Å². The van der Waals surface area contributed by atoms with E-state index in [4.69, 9.17) is 4.74 Å². The van der Waals surface area contributed by atoms with Gasteiger partial charge >= 0.3 is 0 Å². The van der Waals surface area contributed by atoms with Crippen LogP contribution in [0.2, 0.25) is 0 Å². The van der Waals surface area contributed by atoms with E-state index in [-0.39, 0.29) is 0 Å². The van der Waals surface area contributed by atoms with Crippen LogP contribution in [0.25, 0.3) is 0 Å². The van der Waals surface area contributed by atoms with Gasteiger partial charge in [0.25, 0.3) is 0 Å². The van der Waals surface area contributed by atoms with Crippen molar-refractivity contribution >= 4 is 5.69 Å². The monoisotopic (exact) mass is 219 g/mol. The number of methoxy groups -OCH3 is 1. The minimum absolute atomic E-state index is 0.531. The molecule has 1 aliphatic carbocycles. The Hall–Kier alpha value is -1.18. The number of benzene rings is 1. The fraction of sp³-hybridized carbons (Fsp3) is 0.571. The number of nitrogens with one attached hydrogen (secondary N) is 1. The molecule has 0 radical (unpaired) electrons. The molecular weight excluding hydrogens is 198 g/mol. The molecule has 2 heteroatoms. The van der Waals surface area contributed by atoms with Crippen LogP contribution in [-0.2, 0) is 0 Å². The molecule has 0 bridgehead atoms. The summed E-state index contributed by atoms with van der Waals surface area (Å²) in [5.74, 6) is 1.89. The molecule has 1 aromatic carbocycles. The third kappa shape index (κ3) is 2.91. The number of aryl methyl sites for hydroxylation is 1. The Labute approximate surface area is 98.0 Å². The van der Waals surface area contributed by atoms with E-state index in [1.165, 1.54) is 24.8 Å². The summed E-state index contributed by atoms with van der Waals surface area (Å²) in [6.07, 6.45) is 4.10. The minimum atomic E-state index is 0.531. The normalized spacial score (nSPS) is 16.9. The minimum Gasteiger partial charge on any atom is -0.495 e. The molecule has 88 valence electrons. The second-order valence-electron chi connectivity index (χ2n) is 4.93. The van der Waals surface area contributed by atoms with Gasteiger partial charge < -0.3 is 10.1 Å². The lowest BCUT2D eigenvalue weighted by molar-refractivity contribution is 0.415. The highest BCUT2D eigenvalue weighted by molar-refractivity contribution is 5.58. The van der Waals surface area contributed by atoms with Crippen LogP contribution in [-0.4, -0.2) is 13.2 Å². The van der Waals surface area contributed by atoms with Crippen molar-refractivity contribution in [1.82, 2.24) is 0 Å². The molecule has 1 fully saturated rings. The maximum atomic E-state index is 5.36. The van der Waals surface area contributed by atoms with Crippen molar-refractivity contribution in [3.8, 4) is 5.75 Å². The first kappa shape index (κ1) is 11.3. The molecule has 0 saturated heterocycles. The van der Waals surface area contributed by atoms with Crippen LogP contribution in [0.4, 0.5) is 5.69 Å². The summed E-state index contributed by atoms with van der Waals surface area (Å²) in [7, 11) is 1.72. The summed E-state index contributed by atoms with van der Waals surface area (Å²) in [5, 5.41) is 3.55. The van der Waals surface area contributed by atoms with E-state index in [0.29, 0.717) is 6.04 Å². The first-order valence-electron chi connectivity index (χ1n) is 6.10. The molecule has 0 spiro atoms. The third-order valence-corrected chi connectivity index (χ3v) is 3.14. The zero-order chi connectivity index (χ0) is 11.5. The maximum absolute atomic E-state index is 5.36. The fourth-order valence-electron chi connectivity index (χ4n) is 2.11. The fourth-order valence-corrected chi connectivity index (χ4v) is 2.11. The zero-order valence-corrected chi connectivity index (χ0v) is 10.4. The van der Waals surface area contributed by atoms with Crippen LogP contribution < -0.4 is 10.1 Å². The Bertz CT molecular complexity index is 358. The summed E-state index contributed by atoms with van der Waals surface area (Å²) < 4.78 is 5.36. The lowest BCUT2D eigenvalue weighted by Crippen LogP contribution is -2.16. The van der Waals surface area contributed by atoms with Gasteiger partial charge in [0.2, 0.25) is 0 Å². The molecule has 2 nitrogen and oxygen atoms in total. The van der Waals surface area contributed by atoms with Gasteiger partial charge in [0.05, 0.1) is 12.8 Å². The van der Waals surface area contributed by atoms with E-state index >= 15 is 0 Å². The predicted octanol–water partition coefficient (Wildman–Crippen LogP) is 3.60. The van der Waals surface area contributed by atoms with Crippen molar-refractivity contribution in [2.45, 2.75) is 39.2 Å². The van der Waals surface area contributed by atoms with Crippen LogP contribution in [0.5, 0.6) is 5.75 Å². The Morgan fingerprint density at radius 1 is 1.44 bits per heavy atom. The molecule has 0 aromatic heterocycles. The summed E-state index contributed by atoms with van der Waals surface area (Å²) in [4.78, 5) is 0. The number of hydrogen-bond acceptors (Lipinski definition) is 2. The summed E-state index contributed by atoms with van der Waals surface area (Å²) in [6, 6.07) is 6.79. The predicted molar refractivity (Wildman–Crippen MR) is 68.2 cm³/mol. The van der Waals surface area contributed by atoms with Crippen molar-refractivity contribution in [2.75, 3.05) is 12.4 Å². The van der Waals surface area contributed by atoms with Gasteiger partial charge in [0, 0.05) is 6.04 Å². The Morgan fingerprint density at radius 3 is 2.81 bits per heavy atom. The number of ether oxygens (including phenoxy) is 1. The Balaban J connectivity index is 2.02. The molecule has 1 N–H and O–H groups in total. The summed E-state index contributed by atoms with van der Waals surface area (Å²) >= 11 is 0. The highest BCUT2D eigenvalue weighted by Gasteiger charge is 2.23. The Morgan fingerprint density at radius 2 is 2.19 bits per heavy atom. The molecular formula is C14H21NO. The highest BCUT2D eigenvalue weighted by Crippen LogP contribution is 2.35. The molecule has 0 aliphatic heterocycles. The van der Waals surface area contributed by atoms with Crippen molar-refractivity contribution in [1.29, 1.82) is 0 Å². The van der Waals surface area contributed by atoms with Crippen LogP contribution >= 0.6 is 0 Å². The average Bonchev–Trinajstić information content (AvgIpc) is 3.02. The Kier molecular flexibility index (Phi) is 3.37. The van der Waals surface area contributed by atoms with Crippen molar-refractivity contribution < 1.29 is 4.74 Å². The SMILES string of the molecule is COc1ccc(C)cc1NC(C)CC1CC1. The van der Waals surface area contributed by atoms with Gasteiger partial charge in [-0.2, -0.15) is 0 Å². The smallest absolute Gasteiger partial charge is 0.141 e. The molecule has 0 heterocycles. The number of hydrogen-bond donors (Lipinski definition) is 1. The summed E-state index contributed by atoms with van der Waals surface area (Å²) in [5.41, 5.74) is 2.39. The molecule has 2 rings (SSSR count). The zero-order valence-electron chi connectivity index (χ0n) is 10.4. The molecule has 1 unspecified atom stereocenters. The van der Waals surface area contributed by atoms with Gasteiger partial charge in [-0.05, 0) is 43.9 Å². The first-order valence-corrected chi connectivity index (χ1v) is 6.10. The second-order valence-corrected chi connectivity index (χ2v) is 4.93. The number of rotatable bonds is 5. The molecule has 1 aromatic rings. The quantitative estimate of drug-likeness (QED) is 0.817. The van der Waals surface area contributed by atoms with Crippen molar-refractivity contribution in [3.05, 3.63) is 23.8 Å². The molecule has 1 atom stereocenters. The van der Waals surface area contributed by atoms with Gasteiger partial charge in [-0.15, -0.1) is 0 Å². The molecule has 16 heavy (non-hydrogen) atoms. The largest absolute Gasteiger partial charge is 0.495 e. The molecule has 1 aliphatic rings. The van der Waals surface area contributed by atoms with E-state index < -0.39 is 0 Å². The molecule has 0 amide bonds. The lowest BCUT2D eigenvalue weighted by Gasteiger charge is -2.17. The van der Waals surface area contributed by atoms with Gasteiger partial charge in [0.1, 0.15) is 5.75 Å². The number of anilines is 1. The van der Waals surface area contributed by atoms with Crippen molar-refractivity contribution in [3.63, 3.8) is 0 Å². The van der Waals surface area contributed by atoms with Crippen LogP contribution in [0, 0.1) is 12.8 Å². The summed E-state index contributed by atoms with van der Waals surface area (Å²) in [6.45, 7) is 4.36.